The van der Waals surface area contributed by atoms with Crippen molar-refractivity contribution >= 4 is 21.6 Å². The number of benzene rings is 2. The van der Waals surface area contributed by atoms with Gasteiger partial charge >= 0.3 is 0 Å². The summed E-state index contributed by atoms with van der Waals surface area (Å²) in [6.45, 7) is 0.239. The number of hydrogen-bond donors (Lipinski definition) is 2. The molecule has 2 aromatic carbocycles. The van der Waals surface area contributed by atoms with Crippen LogP contribution >= 0.6 is 0 Å². The first-order valence-electron chi connectivity index (χ1n) is 7.84. The molecule has 1 aliphatic carbocycles. The Morgan fingerprint density at radius 2 is 1.83 bits per heavy atom. The van der Waals surface area contributed by atoms with Crippen molar-refractivity contribution in [3.63, 3.8) is 0 Å². The summed E-state index contributed by atoms with van der Waals surface area (Å²) < 4.78 is 24.6. The number of rotatable bonds is 5. The zero-order valence-corrected chi connectivity index (χ0v) is 14.3. The van der Waals surface area contributed by atoms with Crippen molar-refractivity contribution < 1.29 is 13.2 Å². The smallest absolute Gasteiger partial charge is 0.231 e. The lowest BCUT2D eigenvalue weighted by atomic mass is 10.0. The van der Waals surface area contributed by atoms with Gasteiger partial charge in [0.2, 0.25) is 15.9 Å². The monoisotopic (exact) mass is 344 g/mol. The van der Waals surface area contributed by atoms with E-state index >= 15 is 0 Å². The van der Waals surface area contributed by atoms with Gasteiger partial charge in [-0.05, 0) is 41.7 Å². The fourth-order valence-electron chi connectivity index (χ4n) is 2.98. The second-order valence-corrected chi connectivity index (χ2v) is 7.90. The first kappa shape index (κ1) is 16.7. The lowest BCUT2D eigenvalue weighted by Gasteiger charge is -2.13. The van der Waals surface area contributed by atoms with Gasteiger partial charge in [-0.2, -0.15) is 0 Å². The summed E-state index contributed by atoms with van der Waals surface area (Å²) in [6, 6.07) is 15.2. The number of amides is 1. The number of carbonyl (C=O) groups is 1. The Balaban J connectivity index is 1.63. The number of fused-ring (bicyclic) bond motifs is 1. The third-order valence-electron chi connectivity index (χ3n) is 4.21. The summed E-state index contributed by atoms with van der Waals surface area (Å²) in [5.41, 5.74) is 3.92. The van der Waals surface area contributed by atoms with Crippen LogP contribution in [0.25, 0.3) is 0 Å². The molecule has 0 bridgehead atoms. The molecule has 1 amide bonds. The molecule has 1 aliphatic rings. The summed E-state index contributed by atoms with van der Waals surface area (Å²) in [6.07, 6.45) is 2.90. The van der Waals surface area contributed by atoms with E-state index < -0.39 is 10.0 Å². The lowest BCUT2D eigenvalue weighted by molar-refractivity contribution is -0.117. The third-order valence-corrected chi connectivity index (χ3v) is 4.88. The van der Waals surface area contributed by atoms with E-state index in [0.29, 0.717) is 5.69 Å². The Kier molecular flexibility index (Phi) is 4.69. The number of aryl methyl sites for hydroxylation is 1. The normalized spacial score (nSPS) is 16.6. The highest BCUT2D eigenvalue weighted by atomic mass is 32.2. The molecule has 0 spiro atoms. The van der Waals surface area contributed by atoms with E-state index in [4.69, 9.17) is 0 Å². The van der Waals surface area contributed by atoms with E-state index in [1.807, 2.05) is 18.2 Å². The summed E-state index contributed by atoms with van der Waals surface area (Å²) in [5, 5.41) is 2.95. The molecular weight excluding hydrogens is 324 g/mol. The predicted octanol–water partition coefficient (Wildman–Crippen LogP) is 2.40. The second-order valence-electron chi connectivity index (χ2n) is 6.07. The van der Waals surface area contributed by atoms with Gasteiger partial charge in [0.25, 0.3) is 0 Å². The van der Waals surface area contributed by atoms with Gasteiger partial charge in [-0.15, -0.1) is 0 Å². The number of sulfonamides is 1. The van der Waals surface area contributed by atoms with Gasteiger partial charge in [0.1, 0.15) is 0 Å². The average Bonchev–Trinajstić information content (AvgIpc) is 2.97. The standard InChI is InChI=1S/C18H20N2O3S/c1-24(22,23)19-12-13-6-9-15(10-7-13)20-18(21)17-11-8-14-4-2-3-5-16(14)17/h2-7,9-10,17,19H,8,11-12H2,1H3,(H,20,21)/t17-/m1/s1. The first-order chi connectivity index (χ1) is 11.4. The van der Waals surface area contributed by atoms with Gasteiger partial charge in [-0.3, -0.25) is 4.79 Å². The quantitative estimate of drug-likeness (QED) is 0.874. The fourth-order valence-corrected chi connectivity index (χ4v) is 3.41. The molecular formula is C18H20N2O3S. The Labute approximate surface area is 142 Å². The largest absolute Gasteiger partial charge is 0.326 e. The topological polar surface area (TPSA) is 75.3 Å². The lowest BCUT2D eigenvalue weighted by Crippen LogP contribution is -2.21. The van der Waals surface area contributed by atoms with Crippen LogP contribution in [0.15, 0.2) is 48.5 Å². The van der Waals surface area contributed by atoms with Gasteiger partial charge in [-0.1, -0.05) is 36.4 Å². The van der Waals surface area contributed by atoms with Crippen molar-refractivity contribution in [2.24, 2.45) is 0 Å². The van der Waals surface area contributed by atoms with Crippen LogP contribution in [-0.4, -0.2) is 20.6 Å². The van der Waals surface area contributed by atoms with Crippen LogP contribution < -0.4 is 10.0 Å². The molecule has 0 radical (unpaired) electrons. The van der Waals surface area contributed by atoms with E-state index in [1.54, 1.807) is 24.3 Å². The number of hydrogen-bond acceptors (Lipinski definition) is 3. The molecule has 0 fully saturated rings. The van der Waals surface area contributed by atoms with Gasteiger partial charge < -0.3 is 5.32 Å². The molecule has 126 valence electrons. The van der Waals surface area contributed by atoms with E-state index in [1.165, 1.54) is 5.56 Å². The number of anilines is 1. The van der Waals surface area contributed by atoms with E-state index in [2.05, 4.69) is 16.1 Å². The van der Waals surface area contributed by atoms with Crippen LogP contribution in [0.3, 0.4) is 0 Å². The Morgan fingerprint density at radius 1 is 1.12 bits per heavy atom. The molecule has 0 unspecified atom stereocenters. The van der Waals surface area contributed by atoms with Crippen molar-refractivity contribution in [1.29, 1.82) is 0 Å². The molecule has 2 N–H and O–H groups in total. The molecule has 24 heavy (non-hydrogen) atoms. The average molecular weight is 344 g/mol. The van der Waals surface area contributed by atoms with Crippen molar-refractivity contribution in [3.05, 3.63) is 65.2 Å². The van der Waals surface area contributed by atoms with E-state index in [9.17, 15) is 13.2 Å². The molecule has 0 saturated heterocycles. The Morgan fingerprint density at radius 3 is 2.54 bits per heavy atom. The minimum atomic E-state index is -3.21. The van der Waals surface area contributed by atoms with Gasteiger partial charge in [0.15, 0.2) is 0 Å². The second kappa shape index (κ2) is 6.75. The number of carbonyl (C=O) groups excluding carboxylic acids is 1. The highest BCUT2D eigenvalue weighted by molar-refractivity contribution is 7.88. The molecule has 0 heterocycles. The van der Waals surface area contributed by atoms with Crippen molar-refractivity contribution in [2.75, 3.05) is 11.6 Å². The molecule has 1 atom stereocenters. The molecule has 0 saturated carbocycles. The van der Waals surface area contributed by atoms with E-state index in [0.717, 1.165) is 30.2 Å². The maximum Gasteiger partial charge on any atom is 0.231 e. The van der Waals surface area contributed by atoms with Crippen LogP contribution in [0, 0.1) is 0 Å². The SMILES string of the molecule is CS(=O)(=O)NCc1ccc(NC(=O)[C@@H]2CCc3ccccc32)cc1. The maximum absolute atomic E-state index is 12.5. The van der Waals surface area contributed by atoms with Crippen molar-refractivity contribution in [3.8, 4) is 0 Å². The van der Waals surface area contributed by atoms with Crippen molar-refractivity contribution in [1.82, 2.24) is 4.72 Å². The fraction of sp³-hybridized carbons (Fsp3) is 0.278. The molecule has 5 nitrogen and oxygen atoms in total. The first-order valence-corrected chi connectivity index (χ1v) is 9.74. The summed E-state index contributed by atoms with van der Waals surface area (Å²) in [4.78, 5) is 12.5. The summed E-state index contributed by atoms with van der Waals surface area (Å²) in [7, 11) is -3.21. The molecule has 2 aromatic rings. The molecule has 0 aliphatic heterocycles. The minimum absolute atomic E-state index is 0.00182. The highest BCUT2D eigenvalue weighted by Gasteiger charge is 2.28. The Bertz CT molecular complexity index is 845. The van der Waals surface area contributed by atoms with Crippen LogP contribution in [0.1, 0.15) is 29.0 Å². The van der Waals surface area contributed by atoms with Crippen LogP contribution in [0.4, 0.5) is 5.69 Å². The zero-order chi connectivity index (χ0) is 17.2. The zero-order valence-electron chi connectivity index (χ0n) is 13.5. The van der Waals surface area contributed by atoms with Gasteiger partial charge in [0.05, 0.1) is 12.2 Å². The Hall–Kier alpha value is -2.18. The van der Waals surface area contributed by atoms with Crippen LogP contribution in [0.5, 0.6) is 0 Å². The van der Waals surface area contributed by atoms with Crippen LogP contribution in [0.2, 0.25) is 0 Å². The van der Waals surface area contributed by atoms with Gasteiger partial charge in [0, 0.05) is 12.2 Å². The predicted molar refractivity (Wildman–Crippen MR) is 94.3 cm³/mol. The number of nitrogens with one attached hydrogen (secondary N) is 2. The molecule has 0 aromatic heterocycles. The van der Waals surface area contributed by atoms with Crippen molar-refractivity contribution in [2.45, 2.75) is 25.3 Å². The highest BCUT2D eigenvalue weighted by Crippen LogP contribution is 2.33. The van der Waals surface area contributed by atoms with E-state index in [-0.39, 0.29) is 18.4 Å². The molecule has 3 rings (SSSR count). The summed E-state index contributed by atoms with van der Waals surface area (Å²) >= 11 is 0. The third kappa shape index (κ3) is 4.01. The minimum Gasteiger partial charge on any atom is -0.326 e. The maximum atomic E-state index is 12.5. The van der Waals surface area contributed by atoms with Gasteiger partial charge in [-0.25, -0.2) is 13.1 Å². The molecule has 6 heteroatoms. The van der Waals surface area contributed by atoms with Crippen LogP contribution in [-0.2, 0) is 27.8 Å². The summed E-state index contributed by atoms with van der Waals surface area (Å²) in [5.74, 6) is -0.102.